The third-order valence-electron chi connectivity index (χ3n) is 3.66. The summed E-state index contributed by atoms with van der Waals surface area (Å²) in [4.78, 5) is 42.1. The Morgan fingerprint density at radius 1 is 1.39 bits per heavy atom. The zero-order valence-electron chi connectivity index (χ0n) is 15.6. The molecule has 20 heteroatoms. The van der Waals surface area contributed by atoms with Crippen molar-refractivity contribution in [3.05, 3.63) is 34.6 Å². The number of nitrogens with zero attached hydrogens (tertiary/aromatic N) is 4. The lowest BCUT2D eigenvalue weighted by Gasteiger charge is -2.30. The first-order valence-corrected chi connectivity index (χ1v) is 13.1. The van der Waals surface area contributed by atoms with Crippen LogP contribution >= 0.6 is 23.2 Å². The first-order chi connectivity index (χ1) is 14.1. The van der Waals surface area contributed by atoms with Crippen molar-refractivity contribution in [1.29, 1.82) is 0 Å². The average molecular weight is 505 g/mol. The van der Waals surface area contributed by atoms with Crippen molar-refractivity contribution in [3.63, 3.8) is 0 Å². The number of rotatable bonds is 9. The van der Waals surface area contributed by atoms with Gasteiger partial charge in [-0.15, -0.1) is 0 Å². The molecule has 0 saturated carbocycles. The van der Waals surface area contributed by atoms with E-state index in [-0.39, 0.29) is 17.8 Å². The fourth-order valence-electron chi connectivity index (χ4n) is 2.48. The Morgan fingerprint density at radius 3 is 2.61 bits per heavy atom. The van der Waals surface area contributed by atoms with Crippen molar-refractivity contribution >= 4 is 29.3 Å². The van der Waals surface area contributed by atoms with Crippen LogP contribution in [0.5, 0.6) is 0 Å². The first kappa shape index (κ1) is 25.7. The maximum Gasteiger partial charge on any atom is 0.488 e. The normalized spacial score (nSPS) is 28.2. The summed E-state index contributed by atoms with van der Waals surface area (Å²) in [5.74, 6) is 0. The molecular formula is C11H18N5O12P3. The highest BCUT2D eigenvalue weighted by Crippen LogP contribution is 2.66. The number of phosphoric acid groups is 2. The molecule has 1 saturated heterocycles. The first-order valence-electron chi connectivity index (χ1n) is 8.04. The largest absolute Gasteiger partial charge is 0.488 e. The molecular weight excluding hydrogens is 487 g/mol. The van der Waals surface area contributed by atoms with E-state index in [9.17, 15) is 28.5 Å². The molecule has 2 heterocycles. The third-order valence-corrected chi connectivity index (χ3v) is 7.97. The number of urea groups is 1. The van der Waals surface area contributed by atoms with Crippen molar-refractivity contribution in [2.75, 3.05) is 13.3 Å². The van der Waals surface area contributed by atoms with Gasteiger partial charge in [0.2, 0.25) is 0 Å². The van der Waals surface area contributed by atoms with Gasteiger partial charge in [-0.3, -0.25) is 9.46 Å². The molecule has 0 aromatic heterocycles. The van der Waals surface area contributed by atoms with Crippen molar-refractivity contribution in [3.8, 4) is 0 Å². The van der Waals surface area contributed by atoms with Gasteiger partial charge in [-0.2, -0.15) is 4.31 Å². The van der Waals surface area contributed by atoms with Crippen LogP contribution in [0.3, 0.4) is 0 Å². The number of amides is 2. The standard InChI is InChI=1S/C11H18N5O12P3/c1-6-7(14-15-12)4-16(11(18)13-6)10-3-8(17)9(26-10)5-25-29(2,19)27-31(23,24)28-30(20,21)22/h4,8-10,17H,1,3,5H2,2H3,(H,13,18)(H,23,24)(H2,20,21,22). The maximum atomic E-state index is 12.2. The van der Waals surface area contributed by atoms with Gasteiger partial charge in [0.15, 0.2) is 0 Å². The molecule has 5 atom stereocenters. The van der Waals surface area contributed by atoms with E-state index in [1.54, 1.807) is 0 Å². The lowest BCUT2D eigenvalue weighted by molar-refractivity contribution is -0.0504. The molecule has 0 radical (unpaired) electrons. The minimum atomic E-state index is -5.45. The van der Waals surface area contributed by atoms with Crippen LogP contribution in [0.25, 0.3) is 10.4 Å². The second-order valence-electron chi connectivity index (χ2n) is 6.14. The van der Waals surface area contributed by atoms with Crippen LogP contribution in [-0.4, -0.2) is 62.4 Å². The summed E-state index contributed by atoms with van der Waals surface area (Å²) in [5.41, 5.74) is 8.60. The number of azide groups is 1. The van der Waals surface area contributed by atoms with E-state index in [0.717, 1.165) is 17.8 Å². The smallest absolute Gasteiger partial charge is 0.390 e. The number of hydrogen-bond donors (Lipinski definition) is 5. The van der Waals surface area contributed by atoms with Gasteiger partial charge in [0.25, 0.3) is 0 Å². The fourth-order valence-corrected chi connectivity index (χ4v) is 6.05. The number of aliphatic hydroxyl groups is 1. The van der Waals surface area contributed by atoms with E-state index in [2.05, 4.69) is 30.5 Å². The highest BCUT2D eigenvalue weighted by atomic mass is 31.3. The second-order valence-corrected chi connectivity index (χ2v) is 11.2. The minimum absolute atomic E-state index is 0.00453. The van der Waals surface area contributed by atoms with Gasteiger partial charge in [0.05, 0.1) is 18.4 Å². The van der Waals surface area contributed by atoms with Crippen LogP contribution in [0.2, 0.25) is 0 Å². The summed E-state index contributed by atoms with van der Waals surface area (Å²) in [6.45, 7) is 3.58. The van der Waals surface area contributed by atoms with Crippen molar-refractivity contribution < 1.29 is 56.2 Å². The zero-order chi connectivity index (χ0) is 23.6. The molecule has 17 nitrogen and oxygen atoms in total. The maximum absolute atomic E-state index is 12.2. The topological polar surface area (TPSA) is 250 Å². The molecule has 0 bridgehead atoms. The Bertz CT molecular complexity index is 973. The Labute approximate surface area is 174 Å². The molecule has 5 N–H and O–H groups in total. The summed E-state index contributed by atoms with van der Waals surface area (Å²) >= 11 is 0. The molecule has 0 aliphatic carbocycles. The van der Waals surface area contributed by atoms with Crippen molar-refractivity contribution in [1.82, 2.24) is 10.2 Å². The lowest BCUT2D eigenvalue weighted by atomic mass is 10.2. The van der Waals surface area contributed by atoms with E-state index < -0.39 is 54.3 Å². The number of ether oxygens (including phenoxy) is 1. The summed E-state index contributed by atoms with van der Waals surface area (Å²) in [6.07, 6.45) is -2.47. The third kappa shape index (κ3) is 7.51. The molecule has 1 fully saturated rings. The Balaban J connectivity index is 2.02. The monoisotopic (exact) mass is 505 g/mol. The summed E-state index contributed by atoms with van der Waals surface area (Å²) in [6, 6.07) is -0.694. The minimum Gasteiger partial charge on any atom is -0.390 e. The van der Waals surface area contributed by atoms with Gasteiger partial charge in [-0.1, -0.05) is 11.7 Å². The molecule has 5 unspecified atom stereocenters. The molecule has 0 spiro atoms. The van der Waals surface area contributed by atoms with Crippen LogP contribution in [0.4, 0.5) is 4.79 Å². The lowest BCUT2D eigenvalue weighted by Crippen LogP contribution is -2.45. The highest BCUT2D eigenvalue weighted by molar-refractivity contribution is 7.68. The molecule has 0 aromatic rings. The van der Waals surface area contributed by atoms with E-state index in [4.69, 9.17) is 24.6 Å². The average Bonchev–Trinajstić information content (AvgIpc) is 2.93. The van der Waals surface area contributed by atoms with E-state index >= 15 is 0 Å². The van der Waals surface area contributed by atoms with Crippen LogP contribution in [0.1, 0.15) is 6.42 Å². The summed E-state index contributed by atoms with van der Waals surface area (Å²) in [7, 11) is -15.3. The number of carbonyl (C=O) groups is 1. The Hall–Kier alpha value is -1.57. The van der Waals surface area contributed by atoms with Crippen LogP contribution in [0, 0.1) is 0 Å². The van der Waals surface area contributed by atoms with Gasteiger partial charge in [-0.25, -0.2) is 18.2 Å². The Morgan fingerprint density at radius 2 is 2.03 bits per heavy atom. The van der Waals surface area contributed by atoms with Gasteiger partial charge in [-0.05, 0) is 5.53 Å². The molecule has 31 heavy (non-hydrogen) atoms. The summed E-state index contributed by atoms with van der Waals surface area (Å²) < 4.78 is 52.3. The molecule has 2 amide bonds. The SMILES string of the molecule is C=C1NC(=O)N(C2CC(O)C(COP(C)(=O)OP(=O)(O)OP(=O)(O)O)O2)C=C1N=[N+]=[N-]. The molecule has 174 valence electrons. The van der Waals surface area contributed by atoms with Crippen LogP contribution in [-0.2, 0) is 31.6 Å². The predicted octanol–water partition coefficient (Wildman–Crippen LogP) is 1.22. The molecule has 2 aliphatic rings. The fraction of sp³-hybridized carbons (Fsp3) is 0.545. The van der Waals surface area contributed by atoms with E-state index in [1.807, 2.05) is 0 Å². The number of nitrogens with one attached hydrogen (secondary N) is 1. The number of carbonyl (C=O) groups excluding carboxylic acids is 1. The summed E-state index contributed by atoms with van der Waals surface area (Å²) in [5, 5.41) is 15.8. The van der Waals surface area contributed by atoms with Crippen molar-refractivity contribution in [2.24, 2.45) is 5.11 Å². The molecule has 0 aromatic carbocycles. The van der Waals surface area contributed by atoms with E-state index in [0.29, 0.717) is 0 Å². The number of hydrogen-bond acceptors (Lipinski definition) is 10. The van der Waals surface area contributed by atoms with Crippen LogP contribution < -0.4 is 5.32 Å². The van der Waals surface area contributed by atoms with Gasteiger partial charge in [0.1, 0.15) is 12.3 Å². The second kappa shape index (κ2) is 9.51. The number of aliphatic hydroxyl groups excluding tert-OH is 1. The quantitative estimate of drug-likeness (QED) is 0.128. The van der Waals surface area contributed by atoms with E-state index in [1.165, 1.54) is 0 Å². The van der Waals surface area contributed by atoms with Crippen LogP contribution in [0.15, 0.2) is 29.3 Å². The van der Waals surface area contributed by atoms with Crippen molar-refractivity contribution in [2.45, 2.75) is 24.9 Å². The zero-order valence-corrected chi connectivity index (χ0v) is 18.3. The van der Waals surface area contributed by atoms with Gasteiger partial charge in [0, 0.05) is 29.9 Å². The Kier molecular flexibility index (Phi) is 7.88. The molecule has 2 aliphatic heterocycles. The predicted molar refractivity (Wildman–Crippen MR) is 99.5 cm³/mol. The van der Waals surface area contributed by atoms with Gasteiger partial charge < -0.3 is 34.4 Å². The van der Waals surface area contributed by atoms with Gasteiger partial charge >= 0.3 is 29.3 Å². The molecule has 2 rings (SSSR count). The highest BCUT2D eigenvalue weighted by Gasteiger charge is 2.43.